The van der Waals surface area contributed by atoms with Gasteiger partial charge in [-0.1, -0.05) is 6.92 Å². The predicted octanol–water partition coefficient (Wildman–Crippen LogP) is 1.65. The second-order valence-corrected chi connectivity index (χ2v) is 4.16. The molecule has 0 radical (unpaired) electrons. The van der Waals surface area contributed by atoms with Gasteiger partial charge in [0.1, 0.15) is 0 Å². The highest BCUT2D eigenvalue weighted by molar-refractivity contribution is 5.85. The van der Waals surface area contributed by atoms with Crippen LogP contribution in [0.5, 0.6) is 0 Å². The molecule has 2 fully saturated rings. The van der Waals surface area contributed by atoms with Crippen LogP contribution in [0.15, 0.2) is 0 Å². The van der Waals surface area contributed by atoms with Crippen LogP contribution in [-0.2, 0) is 0 Å². The van der Waals surface area contributed by atoms with Gasteiger partial charge in [-0.3, -0.25) is 4.90 Å². The molecule has 3 heteroatoms. The third-order valence-corrected chi connectivity index (χ3v) is 3.66. The molecular weight excluding hydrogens is 184 g/mol. The Balaban J connectivity index is 0.000000845. The molecule has 0 aliphatic carbocycles. The summed E-state index contributed by atoms with van der Waals surface area (Å²) in [4.78, 5) is 2.70. The van der Waals surface area contributed by atoms with Gasteiger partial charge in [-0.15, -0.1) is 12.4 Å². The summed E-state index contributed by atoms with van der Waals surface area (Å²) in [6, 6.07) is 0. The van der Waals surface area contributed by atoms with E-state index in [0.717, 1.165) is 0 Å². The molecule has 0 amide bonds. The minimum Gasteiger partial charge on any atom is -0.317 e. The van der Waals surface area contributed by atoms with Gasteiger partial charge in [-0.05, 0) is 51.9 Å². The molecule has 2 aliphatic heterocycles. The fraction of sp³-hybridized carbons (Fsp3) is 1.00. The number of nitrogens with zero attached hydrogens (tertiary/aromatic N) is 1. The molecule has 0 aromatic heterocycles. The highest BCUT2D eigenvalue weighted by atomic mass is 35.5. The summed E-state index contributed by atoms with van der Waals surface area (Å²) in [5.74, 6) is 0. The average molecular weight is 205 g/mol. The van der Waals surface area contributed by atoms with E-state index >= 15 is 0 Å². The zero-order chi connectivity index (χ0) is 8.44. The summed E-state index contributed by atoms with van der Waals surface area (Å²) in [6.45, 7) is 7.36. The first-order valence-corrected chi connectivity index (χ1v) is 5.33. The molecule has 2 heterocycles. The number of rotatable bonds is 1. The Labute approximate surface area is 87.5 Å². The van der Waals surface area contributed by atoms with Crippen LogP contribution < -0.4 is 5.32 Å². The van der Waals surface area contributed by atoms with E-state index in [1.807, 2.05) is 0 Å². The van der Waals surface area contributed by atoms with Crippen molar-refractivity contribution in [1.82, 2.24) is 10.2 Å². The van der Waals surface area contributed by atoms with Crippen molar-refractivity contribution in [2.75, 3.05) is 26.2 Å². The topological polar surface area (TPSA) is 15.3 Å². The lowest BCUT2D eigenvalue weighted by molar-refractivity contribution is 0.106. The van der Waals surface area contributed by atoms with E-state index in [1.165, 1.54) is 51.9 Å². The van der Waals surface area contributed by atoms with E-state index in [4.69, 9.17) is 0 Å². The first kappa shape index (κ1) is 11.3. The Bertz CT molecular complexity index is 155. The number of hydrogen-bond acceptors (Lipinski definition) is 2. The summed E-state index contributed by atoms with van der Waals surface area (Å²) in [6.07, 6.45) is 5.62. The third kappa shape index (κ3) is 2.00. The van der Waals surface area contributed by atoms with Crippen molar-refractivity contribution in [1.29, 1.82) is 0 Å². The Morgan fingerprint density at radius 3 is 2.54 bits per heavy atom. The van der Waals surface area contributed by atoms with Gasteiger partial charge in [-0.2, -0.15) is 0 Å². The van der Waals surface area contributed by atoms with Crippen molar-refractivity contribution >= 4 is 12.4 Å². The maximum Gasteiger partial charge on any atom is 0.0234 e. The van der Waals surface area contributed by atoms with Crippen molar-refractivity contribution in [2.24, 2.45) is 0 Å². The van der Waals surface area contributed by atoms with Gasteiger partial charge in [0.15, 0.2) is 0 Å². The fourth-order valence-corrected chi connectivity index (χ4v) is 2.95. The van der Waals surface area contributed by atoms with Crippen LogP contribution in [0.1, 0.15) is 32.6 Å². The van der Waals surface area contributed by atoms with Crippen LogP contribution in [0.4, 0.5) is 0 Å². The Kier molecular flexibility index (Phi) is 4.02. The minimum absolute atomic E-state index is 0. The lowest BCUT2D eigenvalue weighted by Gasteiger charge is -2.41. The molecule has 2 rings (SSSR count). The molecular formula is C10H21ClN2. The lowest BCUT2D eigenvalue weighted by atomic mass is 9.86. The predicted molar refractivity (Wildman–Crippen MR) is 58.6 cm³/mol. The van der Waals surface area contributed by atoms with Crippen molar-refractivity contribution in [3.05, 3.63) is 0 Å². The molecule has 2 aliphatic rings. The highest BCUT2D eigenvalue weighted by Gasteiger charge is 2.40. The van der Waals surface area contributed by atoms with Crippen LogP contribution in [0.3, 0.4) is 0 Å². The lowest BCUT2D eigenvalue weighted by Crippen LogP contribution is -2.50. The third-order valence-electron chi connectivity index (χ3n) is 3.66. The molecule has 1 N–H and O–H groups in total. The van der Waals surface area contributed by atoms with Crippen LogP contribution >= 0.6 is 12.4 Å². The molecule has 0 aromatic carbocycles. The van der Waals surface area contributed by atoms with Gasteiger partial charge in [-0.25, -0.2) is 0 Å². The first-order valence-electron chi connectivity index (χ1n) is 5.33. The molecule has 0 unspecified atom stereocenters. The maximum atomic E-state index is 3.45. The number of piperidine rings is 1. The molecule has 13 heavy (non-hydrogen) atoms. The monoisotopic (exact) mass is 204 g/mol. The van der Waals surface area contributed by atoms with E-state index < -0.39 is 0 Å². The van der Waals surface area contributed by atoms with Gasteiger partial charge in [0.2, 0.25) is 0 Å². The van der Waals surface area contributed by atoms with Crippen molar-refractivity contribution in [3.8, 4) is 0 Å². The molecule has 0 bridgehead atoms. The second kappa shape index (κ2) is 4.63. The van der Waals surface area contributed by atoms with Gasteiger partial charge >= 0.3 is 0 Å². The van der Waals surface area contributed by atoms with Crippen LogP contribution in [0.25, 0.3) is 0 Å². The smallest absolute Gasteiger partial charge is 0.0234 e. The Hall–Kier alpha value is 0.210. The van der Waals surface area contributed by atoms with Gasteiger partial charge < -0.3 is 5.32 Å². The van der Waals surface area contributed by atoms with Gasteiger partial charge in [0.25, 0.3) is 0 Å². The van der Waals surface area contributed by atoms with E-state index in [9.17, 15) is 0 Å². The van der Waals surface area contributed by atoms with Gasteiger partial charge in [0.05, 0.1) is 0 Å². The Morgan fingerprint density at radius 1 is 1.23 bits per heavy atom. The molecule has 2 nitrogen and oxygen atoms in total. The number of hydrogen-bond donors (Lipinski definition) is 1. The van der Waals surface area contributed by atoms with E-state index in [0.29, 0.717) is 5.54 Å². The van der Waals surface area contributed by atoms with E-state index in [-0.39, 0.29) is 12.4 Å². The van der Waals surface area contributed by atoms with Crippen molar-refractivity contribution < 1.29 is 0 Å². The molecule has 2 saturated heterocycles. The number of likely N-dealkylation sites (tertiary alicyclic amines) is 1. The van der Waals surface area contributed by atoms with E-state index in [2.05, 4.69) is 17.1 Å². The average Bonchev–Trinajstić information content (AvgIpc) is 2.49. The molecule has 0 atom stereocenters. The van der Waals surface area contributed by atoms with Crippen LogP contribution in [0, 0.1) is 0 Å². The Morgan fingerprint density at radius 2 is 1.92 bits per heavy atom. The quantitative estimate of drug-likeness (QED) is 0.699. The summed E-state index contributed by atoms with van der Waals surface area (Å²) in [5.41, 5.74) is 0.611. The minimum atomic E-state index is 0. The normalized spacial score (nSPS) is 27.5. The zero-order valence-electron chi connectivity index (χ0n) is 8.51. The molecule has 78 valence electrons. The van der Waals surface area contributed by atoms with Crippen LogP contribution in [0.2, 0.25) is 0 Å². The molecule has 0 aromatic rings. The standard InChI is InChI=1S/C10H20N2.ClH/c1-2-12-9-3-4-10(12)5-7-11-8-6-10;/h11H,2-9H2,1H3;1H. The largest absolute Gasteiger partial charge is 0.317 e. The van der Waals surface area contributed by atoms with Crippen molar-refractivity contribution in [2.45, 2.75) is 38.1 Å². The molecule has 0 saturated carbocycles. The number of nitrogens with one attached hydrogen (secondary N) is 1. The number of halogens is 1. The maximum absolute atomic E-state index is 3.45. The molecule has 1 spiro atoms. The summed E-state index contributed by atoms with van der Waals surface area (Å²) in [7, 11) is 0. The summed E-state index contributed by atoms with van der Waals surface area (Å²) in [5, 5.41) is 3.45. The van der Waals surface area contributed by atoms with Crippen molar-refractivity contribution in [3.63, 3.8) is 0 Å². The SMILES string of the molecule is CCN1CCCC12CCNCC2.Cl. The van der Waals surface area contributed by atoms with E-state index in [1.54, 1.807) is 0 Å². The first-order chi connectivity index (χ1) is 5.87. The highest BCUT2D eigenvalue weighted by Crippen LogP contribution is 2.36. The van der Waals surface area contributed by atoms with Gasteiger partial charge in [0, 0.05) is 5.54 Å². The fourth-order valence-electron chi connectivity index (χ4n) is 2.95. The summed E-state index contributed by atoms with van der Waals surface area (Å²) < 4.78 is 0. The second-order valence-electron chi connectivity index (χ2n) is 4.16. The van der Waals surface area contributed by atoms with Crippen LogP contribution in [-0.4, -0.2) is 36.6 Å². The summed E-state index contributed by atoms with van der Waals surface area (Å²) >= 11 is 0. The zero-order valence-corrected chi connectivity index (χ0v) is 9.33.